The Bertz CT molecular complexity index is 393. The predicted molar refractivity (Wildman–Crippen MR) is 67.5 cm³/mol. The second-order valence-electron chi connectivity index (χ2n) is 2.83. The van der Waals surface area contributed by atoms with Crippen LogP contribution in [0.5, 0.6) is 0 Å². The minimum atomic E-state index is -0.161. The van der Waals surface area contributed by atoms with Crippen molar-refractivity contribution in [3.63, 3.8) is 0 Å². The molecule has 80 valence electrons. The molecule has 0 aliphatic heterocycles. The number of rotatable bonds is 3. The molecule has 0 atom stereocenters. The fourth-order valence-electron chi connectivity index (χ4n) is 1.08. The number of amides is 1. The van der Waals surface area contributed by atoms with Crippen LogP contribution in [0.25, 0.3) is 0 Å². The fraction of sp³-hybridized carbons (Fsp3) is 0.200. The molecule has 0 unspecified atom stereocenters. The van der Waals surface area contributed by atoms with Crippen LogP contribution in [-0.4, -0.2) is 24.9 Å². The lowest BCUT2D eigenvalue weighted by molar-refractivity contribution is -0.113. The summed E-state index contributed by atoms with van der Waals surface area (Å²) in [7, 11) is 1.66. The van der Waals surface area contributed by atoms with Gasteiger partial charge in [0.1, 0.15) is 0 Å². The number of carbonyl (C=O) groups excluding carboxylic acids is 1. The van der Waals surface area contributed by atoms with Crippen molar-refractivity contribution in [2.75, 3.05) is 18.1 Å². The van der Waals surface area contributed by atoms with Crippen molar-refractivity contribution in [2.45, 2.75) is 0 Å². The van der Waals surface area contributed by atoms with Crippen molar-refractivity contribution in [3.8, 4) is 0 Å². The molecule has 1 rings (SSSR count). The van der Waals surface area contributed by atoms with Crippen molar-refractivity contribution < 1.29 is 4.79 Å². The quantitative estimate of drug-likeness (QED) is 0.620. The Balaban J connectivity index is 3.00. The van der Waals surface area contributed by atoms with E-state index in [1.54, 1.807) is 31.5 Å². The summed E-state index contributed by atoms with van der Waals surface area (Å²) in [6.07, 6.45) is 1.64. The number of nitrogens with one attached hydrogen (secondary N) is 1. The number of thiol groups is 1. The molecule has 0 saturated carbocycles. The number of benzene rings is 1. The average molecular weight is 243 g/mol. The maximum atomic E-state index is 11.2. The highest BCUT2D eigenvalue weighted by molar-refractivity contribution is 7.81. The van der Waals surface area contributed by atoms with Gasteiger partial charge in [-0.25, -0.2) is 0 Å². The topological polar surface area (TPSA) is 41.5 Å². The number of anilines is 1. The molecule has 0 aromatic heterocycles. The summed E-state index contributed by atoms with van der Waals surface area (Å²) in [5, 5.41) is 3.31. The molecule has 5 heteroatoms. The molecule has 1 amide bonds. The van der Waals surface area contributed by atoms with Crippen molar-refractivity contribution in [1.29, 1.82) is 0 Å². The summed E-state index contributed by atoms with van der Waals surface area (Å²) >= 11 is 9.71. The van der Waals surface area contributed by atoms with Gasteiger partial charge in [0.2, 0.25) is 5.91 Å². The minimum Gasteiger partial charge on any atom is -0.325 e. The van der Waals surface area contributed by atoms with Crippen LogP contribution in [0.2, 0.25) is 5.02 Å². The van der Waals surface area contributed by atoms with Gasteiger partial charge in [-0.3, -0.25) is 9.79 Å². The molecule has 1 aromatic carbocycles. The van der Waals surface area contributed by atoms with E-state index in [0.717, 1.165) is 5.56 Å². The van der Waals surface area contributed by atoms with Gasteiger partial charge in [-0.1, -0.05) is 11.6 Å². The summed E-state index contributed by atoms with van der Waals surface area (Å²) in [5.41, 5.74) is 1.46. The number of aliphatic imine (C=N–C) groups is 1. The Labute approximate surface area is 99.0 Å². The molecular weight excluding hydrogens is 232 g/mol. The number of hydrogen-bond donors (Lipinski definition) is 2. The lowest BCUT2D eigenvalue weighted by Gasteiger charge is -2.07. The first-order chi connectivity index (χ1) is 7.17. The molecule has 0 aliphatic carbocycles. The van der Waals surface area contributed by atoms with Gasteiger partial charge in [-0.15, -0.1) is 0 Å². The Morgan fingerprint density at radius 2 is 2.40 bits per heavy atom. The first-order valence-electron chi connectivity index (χ1n) is 4.30. The van der Waals surface area contributed by atoms with E-state index in [4.69, 9.17) is 11.6 Å². The lowest BCUT2D eigenvalue weighted by Crippen LogP contribution is -2.13. The third-order valence-corrected chi connectivity index (χ3v) is 2.22. The van der Waals surface area contributed by atoms with Crippen molar-refractivity contribution in [2.24, 2.45) is 4.99 Å². The summed E-state index contributed by atoms with van der Waals surface area (Å²) in [6.45, 7) is 0. The highest BCUT2D eigenvalue weighted by atomic mass is 35.5. The molecule has 0 bridgehead atoms. The lowest BCUT2D eigenvalue weighted by atomic mass is 10.2. The molecule has 0 aliphatic rings. The second-order valence-corrected chi connectivity index (χ2v) is 3.58. The molecule has 15 heavy (non-hydrogen) atoms. The molecular formula is C10H11ClN2OS. The number of carbonyl (C=O) groups is 1. The standard InChI is InChI=1S/C10H11ClN2OS/c1-12-5-7-4-8(11)2-3-9(7)13-10(14)6-15/h2-5,15H,6H2,1H3,(H,13,14). The summed E-state index contributed by atoms with van der Waals surface area (Å²) in [5.74, 6) is -0.0166. The number of halogens is 1. The van der Waals surface area contributed by atoms with Gasteiger partial charge in [0.15, 0.2) is 0 Å². The third kappa shape index (κ3) is 3.57. The van der Waals surface area contributed by atoms with E-state index in [0.29, 0.717) is 10.7 Å². The SMILES string of the molecule is CN=Cc1cc(Cl)ccc1NC(=O)CS. The van der Waals surface area contributed by atoms with Gasteiger partial charge in [-0.2, -0.15) is 12.6 Å². The zero-order valence-corrected chi connectivity index (χ0v) is 9.85. The van der Waals surface area contributed by atoms with E-state index >= 15 is 0 Å². The molecule has 1 N–H and O–H groups in total. The van der Waals surface area contributed by atoms with Crippen molar-refractivity contribution >= 4 is 42.0 Å². The van der Waals surface area contributed by atoms with Crippen molar-refractivity contribution in [3.05, 3.63) is 28.8 Å². The number of nitrogens with zero attached hydrogens (tertiary/aromatic N) is 1. The van der Waals surface area contributed by atoms with E-state index < -0.39 is 0 Å². The summed E-state index contributed by atoms with van der Waals surface area (Å²) < 4.78 is 0. The molecule has 0 radical (unpaired) electrons. The van der Waals surface area contributed by atoms with Crippen LogP contribution in [0.15, 0.2) is 23.2 Å². The molecule has 1 aromatic rings. The summed E-state index contributed by atoms with van der Waals surface area (Å²) in [4.78, 5) is 15.0. The summed E-state index contributed by atoms with van der Waals surface area (Å²) in [6, 6.07) is 5.19. The van der Waals surface area contributed by atoms with Crippen LogP contribution in [0, 0.1) is 0 Å². The molecule has 0 heterocycles. The normalized spacial score (nSPS) is 10.6. The fourth-order valence-corrected chi connectivity index (χ4v) is 1.34. The van der Waals surface area contributed by atoms with Crippen molar-refractivity contribution in [1.82, 2.24) is 0 Å². The average Bonchev–Trinajstić information content (AvgIpc) is 2.22. The first kappa shape index (κ1) is 12.1. The molecule has 3 nitrogen and oxygen atoms in total. The number of hydrogen-bond acceptors (Lipinski definition) is 3. The van der Waals surface area contributed by atoms with Gasteiger partial charge < -0.3 is 5.32 Å². The Hall–Kier alpha value is -1.000. The monoisotopic (exact) mass is 242 g/mol. The van der Waals surface area contributed by atoms with Gasteiger partial charge in [0.25, 0.3) is 0 Å². The molecule has 0 saturated heterocycles. The Morgan fingerprint density at radius 1 is 1.67 bits per heavy atom. The van der Waals surface area contributed by atoms with Crippen LogP contribution in [0.4, 0.5) is 5.69 Å². The highest BCUT2D eigenvalue weighted by Crippen LogP contribution is 2.19. The highest BCUT2D eigenvalue weighted by Gasteiger charge is 2.04. The van der Waals surface area contributed by atoms with E-state index in [9.17, 15) is 4.79 Å². The van der Waals surface area contributed by atoms with E-state index in [2.05, 4.69) is 22.9 Å². The predicted octanol–water partition coefficient (Wildman–Crippen LogP) is 2.26. The van der Waals surface area contributed by atoms with Gasteiger partial charge in [0.05, 0.1) is 5.75 Å². The minimum absolute atomic E-state index is 0.144. The largest absolute Gasteiger partial charge is 0.325 e. The maximum absolute atomic E-state index is 11.2. The third-order valence-electron chi connectivity index (χ3n) is 1.70. The second kappa shape index (κ2) is 5.78. The molecule has 0 fully saturated rings. The Kier molecular flexibility index (Phi) is 4.65. The molecule has 0 spiro atoms. The first-order valence-corrected chi connectivity index (χ1v) is 5.31. The van der Waals surface area contributed by atoms with Gasteiger partial charge in [-0.05, 0) is 18.2 Å². The van der Waals surface area contributed by atoms with Crippen LogP contribution in [-0.2, 0) is 4.79 Å². The van der Waals surface area contributed by atoms with Crippen LogP contribution in [0.3, 0.4) is 0 Å². The van der Waals surface area contributed by atoms with E-state index in [-0.39, 0.29) is 11.7 Å². The zero-order chi connectivity index (χ0) is 11.3. The smallest absolute Gasteiger partial charge is 0.234 e. The van der Waals surface area contributed by atoms with Gasteiger partial charge in [0, 0.05) is 29.5 Å². The zero-order valence-electron chi connectivity index (χ0n) is 8.20. The van der Waals surface area contributed by atoms with E-state index in [1.165, 1.54) is 0 Å². The van der Waals surface area contributed by atoms with Crippen LogP contribution < -0.4 is 5.32 Å². The van der Waals surface area contributed by atoms with E-state index in [1.807, 2.05) is 0 Å². The maximum Gasteiger partial charge on any atom is 0.234 e. The Morgan fingerprint density at radius 3 is 3.00 bits per heavy atom. The van der Waals surface area contributed by atoms with Crippen LogP contribution in [0.1, 0.15) is 5.56 Å². The van der Waals surface area contributed by atoms with Gasteiger partial charge >= 0.3 is 0 Å². The van der Waals surface area contributed by atoms with Crippen LogP contribution >= 0.6 is 24.2 Å².